The van der Waals surface area contributed by atoms with Crippen molar-refractivity contribution in [3.05, 3.63) is 0 Å². The fourth-order valence-corrected chi connectivity index (χ4v) is 12.2. The minimum atomic E-state index is -0.924. The van der Waals surface area contributed by atoms with Gasteiger partial charge in [-0.2, -0.15) is 0 Å². The first kappa shape index (κ1) is 21.8. The van der Waals surface area contributed by atoms with Gasteiger partial charge in [-0.1, -0.05) is 0 Å². The van der Waals surface area contributed by atoms with E-state index in [1.165, 1.54) is 83.5 Å². The fraction of sp³-hybridized carbons (Fsp3) is 1.00. The Bertz CT molecular complexity index is 171. The minimum absolute atomic E-state index is 0.924. The van der Waals surface area contributed by atoms with Gasteiger partial charge in [-0.15, -0.1) is 0 Å². The van der Waals surface area contributed by atoms with E-state index in [4.69, 9.17) is 0 Å². The summed E-state index contributed by atoms with van der Waals surface area (Å²) in [6, 6.07) is 0. The van der Waals surface area contributed by atoms with Crippen molar-refractivity contribution >= 4 is 19.8 Å². The van der Waals surface area contributed by atoms with Crippen LogP contribution in [0.15, 0.2) is 0 Å². The molecule has 21 heavy (non-hydrogen) atoms. The molecule has 0 spiro atoms. The van der Waals surface area contributed by atoms with Crippen LogP contribution in [0.25, 0.3) is 0 Å². The zero-order chi connectivity index (χ0) is 15.6. The quantitative estimate of drug-likeness (QED) is 0.171. The monoisotopic (exact) mass is 403 g/mol. The van der Waals surface area contributed by atoms with E-state index in [0.29, 0.717) is 0 Å². The second kappa shape index (κ2) is 18.8. The van der Waals surface area contributed by atoms with Crippen LogP contribution < -0.4 is 0 Å². The molecule has 0 bridgehead atoms. The Morgan fingerprint density at radius 2 is 0.714 bits per heavy atom. The Kier molecular flexibility index (Phi) is 19.6. The summed E-state index contributed by atoms with van der Waals surface area (Å²) < 4.78 is 5.09. The van der Waals surface area contributed by atoms with Gasteiger partial charge in [0.2, 0.25) is 0 Å². The second-order valence-electron chi connectivity index (χ2n) is 6.89. The molecule has 0 heterocycles. The molecule has 0 fully saturated rings. The maximum atomic E-state index is 2.36. The zero-order valence-electron chi connectivity index (χ0n) is 15.5. The van der Waals surface area contributed by atoms with Gasteiger partial charge in [0.25, 0.3) is 0 Å². The Labute approximate surface area is 143 Å². The first-order valence-corrected chi connectivity index (χ1v) is 16.2. The third-order valence-corrected chi connectivity index (χ3v) is 13.7. The summed E-state index contributed by atoms with van der Waals surface area (Å²) in [6.07, 6.45) is 20.9. The molecule has 0 saturated heterocycles. The van der Waals surface area contributed by atoms with Gasteiger partial charge in [0.1, 0.15) is 0 Å². The van der Waals surface area contributed by atoms with E-state index < -0.39 is 19.8 Å². The van der Waals surface area contributed by atoms with E-state index in [9.17, 15) is 0 Å². The van der Waals surface area contributed by atoms with Crippen molar-refractivity contribution in [2.24, 2.45) is 0 Å². The van der Waals surface area contributed by atoms with Crippen molar-refractivity contribution in [1.82, 2.24) is 0 Å². The predicted molar refractivity (Wildman–Crippen MR) is 102 cm³/mol. The molecule has 0 aromatic heterocycles. The summed E-state index contributed by atoms with van der Waals surface area (Å²) in [7, 11) is 0. The van der Waals surface area contributed by atoms with Crippen LogP contribution in [-0.2, 0) is 0 Å². The van der Waals surface area contributed by atoms with Gasteiger partial charge in [0.15, 0.2) is 0 Å². The van der Waals surface area contributed by atoms with E-state index in [2.05, 4.69) is 20.8 Å². The molecule has 0 radical (unpaired) electrons. The zero-order valence-corrected chi connectivity index (χ0v) is 18.4. The number of hydrogen-bond acceptors (Lipinski definition) is 0. The molecular weight excluding hydrogens is 359 g/mol. The first-order valence-electron chi connectivity index (χ1n) is 10.2. The topological polar surface area (TPSA) is 0 Å². The Balaban J connectivity index is 3.35. The van der Waals surface area contributed by atoms with Gasteiger partial charge in [-0.25, -0.2) is 0 Å². The normalized spacial score (nSPS) is 11.0. The fourth-order valence-electron chi connectivity index (χ4n) is 3.09. The van der Waals surface area contributed by atoms with Crippen LogP contribution in [0, 0.1) is 0 Å². The standard InChI is InChI=1S/C12H25.2C4H9.Sn/c1-3-5-7-9-11-12-10-8-6-4-2;2*1-3-4-2;/h1,3-12H2,2H3;2*1,3-4H2,2H3;/q;;;+1. The molecule has 0 saturated carbocycles. The van der Waals surface area contributed by atoms with E-state index >= 15 is 0 Å². The molecule has 0 amide bonds. The summed E-state index contributed by atoms with van der Waals surface area (Å²) >= 11 is -0.924. The summed E-state index contributed by atoms with van der Waals surface area (Å²) in [6.45, 7) is 7.03. The van der Waals surface area contributed by atoms with Crippen molar-refractivity contribution in [3.8, 4) is 0 Å². The summed E-state index contributed by atoms with van der Waals surface area (Å²) in [5.74, 6) is 0. The van der Waals surface area contributed by atoms with Gasteiger partial charge < -0.3 is 0 Å². The van der Waals surface area contributed by atoms with Gasteiger partial charge >= 0.3 is 144 Å². The number of rotatable bonds is 17. The van der Waals surface area contributed by atoms with Crippen LogP contribution >= 0.6 is 0 Å². The molecular formula is C20H43Sn+. The van der Waals surface area contributed by atoms with Crippen LogP contribution in [0.5, 0.6) is 0 Å². The molecule has 0 rings (SSSR count). The number of hydrogen-bond donors (Lipinski definition) is 0. The van der Waals surface area contributed by atoms with Crippen LogP contribution in [0.3, 0.4) is 0 Å². The van der Waals surface area contributed by atoms with E-state index in [1.807, 2.05) is 0 Å². The van der Waals surface area contributed by atoms with Crippen LogP contribution in [0.1, 0.15) is 111 Å². The van der Waals surface area contributed by atoms with Crippen molar-refractivity contribution in [1.29, 1.82) is 0 Å². The molecule has 0 aliphatic rings. The summed E-state index contributed by atoms with van der Waals surface area (Å²) in [5.41, 5.74) is 0. The molecule has 0 aromatic rings. The first-order chi connectivity index (χ1) is 10.3. The SMILES string of the molecule is CCCCCCCCCCC[CH2][Sn+]([CH2]CCC)[CH2]CCC. The molecule has 126 valence electrons. The molecule has 0 N–H and O–H groups in total. The average molecular weight is 402 g/mol. The maximum absolute atomic E-state index is 2.36. The molecule has 0 atom stereocenters. The van der Waals surface area contributed by atoms with E-state index in [-0.39, 0.29) is 0 Å². The van der Waals surface area contributed by atoms with Gasteiger partial charge in [-0.3, -0.25) is 0 Å². The Hall–Kier alpha value is 0.799. The van der Waals surface area contributed by atoms with Gasteiger partial charge in [0.05, 0.1) is 0 Å². The van der Waals surface area contributed by atoms with E-state index in [0.717, 1.165) is 0 Å². The summed E-state index contributed by atoms with van der Waals surface area (Å²) in [5, 5.41) is 0. The van der Waals surface area contributed by atoms with Crippen molar-refractivity contribution in [2.45, 2.75) is 124 Å². The average Bonchev–Trinajstić information content (AvgIpc) is 2.51. The Morgan fingerprint density at radius 3 is 1.14 bits per heavy atom. The van der Waals surface area contributed by atoms with Gasteiger partial charge in [0, 0.05) is 0 Å². The van der Waals surface area contributed by atoms with Crippen molar-refractivity contribution in [2.75, 3.05) is 0 Å². The molecule has 0 unspecified atom stereocenters. The molecule has 0 aromatic carbocycles. The third-order valence-electron chi connectivity index (χ3n) is 4.65. The molecule has 1 heteroatoms. The van der Waals surface area contributed by atoms with Crippen LogP contribution in [0.4, 0.5) is 0 Å². The Morgan fingerprint density at radius 1 is 0.381 bits per heavy atom. The number of unbranched alkanes of at least 4 members (excludes halogenated alkanes) is 11. The van der Waals surface area contributed by atoms with Crippen LogP contribution in [0.2, 0.25) is 13.3 Å². The molecule has 0 nitrogen and oxygen atoms in total. The van der Waals surface area contributed by atoms with Crippen molar-refractivity contribution < 1.29 is 0 Å². The molecule has 0 aliphatic carbocycles. The van der Waals surface area contributed by atoms with Crippen LogP contribution in [-0.4, -0.2) is 19.8 Å². The van der Waals surface area contributed by atoms with Crippen molar-refractivity contribution in [3.63, 3.8) is 0 Å². The predicted octanol–water partition coefficient (Wildman–Crippen LogP) is 8.00. The second-order valence-corrected chi connectivity index (χ2v) is 15.5. The van der Waals surface area contributed by atoms with Gasteiger partial charge in [-0.05, 0) is 0 Å². The summed E-state index contributed by atoms with van der Waals surface area (Å²) in [4.78, 5) is 0. The van der Waals surface area contributed by atoms with E-state index in [1.54, 1.807) is 19.7 Å². The molecule has 0 aliphatic heterocycles. The third kappa shape index (κ3) is 17.0.